The first-order valence-electron chi connectivity index (χ1n) is 5.72. The van der Waals surface area contributed by atoms with Crippen LogP contribution in [-0.4, -0.2) is 41.3 Å². The van der Waals surface area contributed by atoms with Crippen molar-refractivity contribution in [3.63, 3.8) is 0 Å². The molecule has 84 valence electrons. The van der Waals surface area contributed by atoms with Gasteiger partial charge >= 0.3 is 0 Å². The summed E-state index contributed by atoms with van der Waals surface area (Å²) in [6, 6.07) is 1.11. The molecule has 3 nitrogen and oxygen atoms in total. The highest BCUT2D eigenvalue weighted by Gasteiger charge is 2.34. The molecule has 0 aromatic heterocycles. The summed E-state index contributed by atoms with van der Waals surface area (Å²) >= 11 is 0. The highest BCUT2D eigenvalue weighted by atomic mass is 16.3. The Bertz CT molecular complexity index is 173. The first-order chi connectivity index (χ1) is 6.60. The van der Waals surface area contributed by atoms with Crippen LogP contribution in [0.25, 0.3) is 0 Å². The molecule has 3 N–H and O–H groups in total. The van der Waals surface area contributed by atoms with Crippen molar-refractivity contribution >= 4 is 0 Å². The topological polar surface area (TPSA) is 49.5 Å². The SMILES string of the molecule is CCC(C(C)C)N1C[C@H](N)C[C@@H]1CO. The van der Waals surface area contributed by atoms with Crippen molar-refractivity contribution in [2.24, 2.45) is 11.7 Å². The van der Waals surface area contributed by atoms with Gasteiger partial charge in [0.1, 0.15) is 0 Å². The van der Waals surface area contributed by atoms with Crippen LogP contribution in [0.5, 0.6) is 0 Å². The Morgan fingerprint density at radius 3 is 2.57 bits per heavy atom. The van der Waals surface area contributed by atoms with E-state index < -0.39 is 0 Å². The molecule has 0 spiro atoms. The van der Waals surface area contributed by atoms with Gasteiger partial charge in [0.05, 0.1) is 6.61 Å². The third kappa shape index (κ3) is 2.47. The zero-order valence-electron chi connectivity index (χ0n) is 9.61. The van der Waals surface area contributed by atoms with Crippen LogP contribution in [0.3, 0.4) is 0 Å². The number of nitrogens with zero attached hydrogens (tertiary/aromatic N) is 1. The van der Waals surface area contributed by atoms with E-state index in [-0.39, 0.29) is 18.7 Å². The molecule has 0 radical (unpaired) electrons. The van der Waals surface area contributed by atoms with Gasteiger partial charge in [-0.3, -0.25) is 4.90 Å². The molecule has 1 aliphatic rings. The minimum absolute atomic E-state index is 0.247. The van der Waals surface area contributed by atoms with E-state index in [1.54, 1.807) is 0 Å². The largest absolute Gasteiger partial charge is 0.395 e. The molecular formula is C11H24N2O. The summed E-state index contributed by atoms with van der Waals surface area (Å²) in [5, 5.41) is 9.28. The first kappa shape index (κ1) is 12.0. The quantitative estimate of drug-likeness (QED) is 0.706. The molecule has 3 atom stereocenters. The number of aliphatic hydroxyl groups excluding tert-OH is 1. The van der Waals surface area contributed by atoms with Gasteiger partial charge in [-0.05, 0) is 18.8 Å². The summed E-state index contributed by atoms with van der Waals surface area (Å²) in [6.07, 6.45) is 2.08. The molecule has 0 aromatic rings. The fraction of sp³-hybridized carbons (Fsp3) is 1.00. The molecule has 14 heavy (non-hydrogen) atoms. The van der Waals surface area contributed by atoms with Crippen LogP contribution in [0.2, 0.25) is 0 Å². The molecule has 3 heteroatoms. The number of likely N-dealkylation sites (tertiary alicyclic amines) is 1. The van der Waals surface area contributed by atoms with Gasteiger partial charge in [0.2, 0.25) is 0 Å². The third-order valence-electron chi connectivity index (χ3n) is 3.31. The lowest BCUT2D eigenvalue weighted by Crippen LogP contribution is -2.44. The maximum absolute atomic E-state index is 9.28. The van der Waals surface area contributed by atoms with E-state index in [1.165, 1.54) is 0 Å². The summed E-state index contributed by atoms with van der Waals surface area (Å²) in [7, 11) is 0. The van der Waals surface area contributed by atoms with E-state index in [0.29, 0.717) is 12.0 Å². The Kier molecular flexibility index (Phi) is 4.35. The van der Waals surface area contributed by atoms with Crippen LogP contribution < -0.4 is 5.73 Å². The predicted molar refractivity (Wildman–Crippen MR) is 59.1 cm³/mol. The molecule has 0 aliphatic carbocycles. The summed E-state index contributed by atoms with van der Waals surface area (Å²) in [4.78, 5) is 2.40. The summed E-state index contributed by atoms with van der Waals surface area (Å²) in [5.41, 5.74) is 5.93. The average molecular weight is 200 g/mol. The normalized spacial score (nSPS) is 31.3. The number of nitrogens with two attached hydrogens (primary N) is 1. The molecule has 1 unspecified atom stereocenters. The van der Waals surface area contributed by atoms with Crippen LogP contribution in [-0.2, 0) is 0 Å². The summed E-state index contributed by atoms with van der Waals surface area (Å²) in [5.74, 6) is 0.638. The van der Waals surface area contributed by atoms with E-state index in [1.807, 2.05) is 0 Å². The van der Waals surface area contributed by atoms with Crippen LogP contribution in [0, 0.1) is 5.92 Å². The molecular weight excluding hydrogens is 176 g/mol. The summed E-state index contributed by atoms with van der Waals surface area (Å²) < 4.78 is 0. The Labute approximate surface area is 87.3 Å². The maximum atomic E-state index is 9.28. The van der Waals surface area contributed by atoms with Gasteiger partial charge in [-0.15, -0.1) is 0 Å². The van der Waals surface area contributed by atoms with Crippen molar-refractivity contribution in [2.45, 2.75) is 51.7 Å². The van der Waals surface area contributed by atoms with Crippen LogP contribution in [0.15, 0.2) is 0 Å². The Hall–Kier alpha value is -0.120. The van der Waals surface area contributed by atoms with Crippen LogP contribution in [0.1, 0.15) is 33.6 Å². The lowest BCUT2D eigenvalue weighted by molar-refractivity contribution is 0.0927. The second-order valence-electron chi connectivity index (χ2n) is 4.75. The molecule has 1 rings (SSSR count). The molecule has 1 aliphatic heterocycles. The van der Waals surface area contributed by atoms with E-state index >= 15 is 0 Å². The molecule has 1 saturated heterocycles. The zero-order valence-corrected chi connectivity index (χ0v) is 9.61. The Morgan fingerprint density at radius 1 is 1.50 bits per heavy atom. The standard InChI is InChI=1S/C11H24N2O/c1-4-11(8(2)3)13-6-9(12)5-10(13)7-14/h8-11,14H,4-7,12H2,1-3H3/t9-,10-,11?/m1/s1. The fourth-order valence-electron chi connectivity index (χ4n) is 2.65. The number of hydrogen-bond acceptors (Lipinski definition) is 3. The van der Waals surface area contributed by atoms with Crippen LogP contribution in [0.4, 0.5) is 0 Å². The van der Waals surface area contributed by atoms with Gasteiger partial charge in [-0.25, -0.2) is 0 Å². The van der Waals surface area contributed by atoms with Gasteiger partial charge in [0, 0.05) is 24.7 Å². The second-order valence-corrected chi connectivity index (χ2v) is 4.75. The summed E-state index contributed by atoms with van der Waals surface area (Å²) in [6.45, 7) is 7.89. The number of rotatable bonds is 4. The molecule has 0 amide bonds. The van der Waals surface area contributed by atoms with Gasteiger partial charge in [0.15, 0.2) is 0 Å². The lowest BCUT2D eigenvalue weighted by atomic mass is 9.99. The van der Waals surface area contributed by atoms with Crippen molar-refractivity contribution in [1.82, 2.24) is 4.90 Å². The van der Waals surface area contributed by atoms with E-state index in [0.717, 1.165) is 19.4 Å². The van der Waals surface area contributed by atoms with Crippen LogP contribution >= 0.6 is 0 Å². The van der Waals surface area contributed by atoms with Gasteiger partial charge in [0.25, 0.3) is 0 Å². The monoisotopic (exact) mass is 200 g/mol. The molecule has 1 fully saturated rings. The van der Waals surface area contributed by atoms with E-state index in [2.05, 4.69) is 25.7 Å². The second kappa shape index (κ2) is 5.10. The average Bonchev–Trinajstić information content (AvgIpc) is 2.47. The van der Waals surface area contributed by atoms with Gasteiger partial charge < -0.3 is 10.8 Å². The van der Waals surface area contributed by atoms with Crippen molar-refractivity contribution < 1.29 is 5.11 Å². The first-order valence-corrected chi connectivity index (χ1v) is 5.72. The maximum Gasteiger partial charge on any atom is 0.0587 e. The molecule has 1 heterocycles. The van der Waals surface area contributed by atoms with Crippen molar-refractivity contribution in [1.29, 1.82) is 0 Å². The van der Waals surface area contributed by atoms with Crippen molar-refractivity contribution in [3.8, 4) is 0 Å². The van der Waals surface area contributed by atoms with Crippen molar-refractivity contribution in [3.05, 3.63) is 0 Å². The minimum Gasteiger partial charge on any atom is -0.395 e. The van der Waals surface area contributed by atoms with Crippen molar-refractivity contribution in [2.75, 3.05) is 13.2 Å². The number of aliphatic hydroxyl groups is 1. The fourth-order valence-corrected chi connectivity index (χ4v) is 2.65. The molecule has 0 aromatic carbocycles. The minimum atomic E-state index is 0.247. The highest BCUT2D eigenvalue weighted by molar-refractivity contribution is 4.91. The zero-order chi connectivity index (χ0) is 10.7. The Morgan fingerprint density at radius 2 is 2.14 bits per heavy atom. The third-order valence-corrected chi connectivity index (χ3v) is 3.31. The number of hydrogen-bond donors (Lipinski definition) is 2. The smallest absolute Gasteiger partial charge is 0.0587 e. The Balaban J connectivity index is 2.64. The highest BCUT2D eigenvalue weighted by Crippen LogP contribution is 2.24. The molecule has 0 saturated carbocycles. The van der Waals surface area contributed by atoms with Gasteiger partial charge in [-0.1, -0.05) is 20.8 Å². The van der Waals surface area contributed by atoms with E-state index in [9.17, 15) is 5.11 Å². The van der Waals surface area contributed by atoms with E-state index in [4.69, 9.17) is 5.73 Å². The lowest BCUT2D eigenvalue weighted by Gasteiger charge is -2.34. The molecule has 0 bridgehead atoms. The van der Waals surface area contributed by atoms with Gasteiger partial charge in [-0.2, -0.15) is 0 Å². The predicted octanol–water partition coefficient (Wildman–Crippen LogP) is 0.815.